The molecule has 0 atom stereocenters. The molecule has 2 aromatic rings. The van der Waals surface area contributed by atoms with Crippen molar-refractivity contribution in [2.24, 2.45) is 0 Å². The quantitative estimate of drug-likeness (QED) is 0.865. The minimum Gasteiger partial charge on any atom is -0.497 e. The van der Waals surface area contributed by atoms with Crippen molar-refractivity contribution in [2.45, 2.75) is 6.92 Å². The van der Waals surface area contributed by atoms with Crippen molar-refractivity contribution in [1.82, 2.24) is 15.0 Å². The fraction of sp³-hybridized carbons (Fsp3) is 0.308. The fourth-order valence-corrected chi connectivity index (χ4v) is 1.46. The lowest BCUT2D eigenvalue weighted by atomic mass is 10.3. The van der Waals surface area contributed by atoms with Gasteiger partial charge in [0.2, 0.25) is 5.95 Å². The molecule has 1 heterocycles. The average molecular weight is 276 g/mol. The Hall–Kier alpha value is -2.57. The predicted molar refractivity (Wildman–Crippen MR) is 73.6 cm³/mol. The van der Waals surface area contributed by atoms with Crippen LogP contribution in [0.2, 0.25) is 0 Å². The largest absolute Gasteiger partial charge is 0.497 e. The number of benzene rings is 1. The predicted octanol–water partition coefficient (Wildman–Crippen LogP) is 2.11. The molecule has 1 N–H and O–H groups in total. The first-order valence-corrected chi connectivity index (χ1v) is 6.11. The highest BCUT2D eigenvalue weighted by atomic mass is 16.5. The molecule has 7 nitrogen and oxygen atoms in total. The molecule has 0 amide bonds. The molecule has 106 valence electrons. The van der Waals surface area contributed by atoms with Crippen molar-refractivity contribution in [2.75, 3.05) is 26.1 Å². The summed E-state index contributed by atoms with van der Waals surface area (Å²) >= 11 is 0. The van der Waals surface area contributed by atoms with Crippen LogP contribution in [-0.2, 0) is 0 Å². The van der Waals surface area contributed by atoms with E-state index in [9.17, 15) is 0 Å². The molecule has 1 aromatic heterocycles. The minimum atomic E-state index is 0.165. The Morgan fingerprint density at radius 2 is 1.55 bits per heavy atom. The molecule has 0 aliphatic heterocycles. The van der Waals surface area contributed by atoms with Crippen LogP contribution in [0.25, 0.3) is 0 Å². The molecule has 0 saturated carbocycles. The summed E-state index contributed by atoms with van der Waals surface area (Å²) in [6.45, 7) is 2.63. The topological polar surface area (TPSA) is 78.4 Å². The van der Waals surface area contributed by atoms with Gasteiger partial charge in [-0.05, 0) is 31.2 Å². The first-order chi connectivity index (χ1) is 9.75. The van der Waals surface area contributed by atoms with Crippen LogP contribution in [0.4, 0.5) is 5.95 Å². The summed E-state index contributed by atoms with van der Waals surface area (Å²) in [4.78, 5) is 12.2. The molecule has 0 unspecified atom stereocenters. The Labute approximate surface area is 116 Å². The Kier molecular flexibility index (Phi) is 4.54. The van der Waals surface area contributed by atoms with Gasteiger partial charge in [0.05, 0.1) is 14.2 Å². The molecular formula is C13H16N4O3. The third kappa shape index (κ3) is 3.47. The Bertz CT molecular complexity index is 560. The normalized spacial score (nSPS) is 9.95. The highest BCUT2D eigenvalue weighted by molar-refractivity contribution is 5.34. The van der Waals surface area contributed by atoms with E-state index in [0.29, 0.717) is 18.2 Å². The number of nitrogens with one attached hydrogen (secondary N) is 1. The molecule has 0 bridgehead atoms. The Morgan fingerprint density at radius 3 is 2.15 bits per heavy atom. The van der Waals surface area contributed by atoms with Gasteiger partial charge in [-0.15, -0.1) is 4.98 Å². The third-order valence-electron chi connectivity index (χ3n) is 2.38. The molecule has 0 fully saturated rings. The van der Waals surface area contributed by atoms with Gasteiger partial charge >= 0.3 is 12.0 Å². The van der Waals surface area contributed by atoms with Gasteiger partial charge in [0.15, 0.2) is 0 Å². The average Bonchev–Trinajstić information content (AvgIpc) is 2.48. The van der Waals surface area contributed by atoms with Crippen molar-refractivity contribution in [3.63, 3.8) is 0 Å². The number of rotatable bonds is 6. The zero-order valence-electron chi connectivity index (χ0n) is 11.6. The Morgan fingerprint density at radius 1 is 0.900 bits per heavy atom. The van der Waals surface area contributed by atoms with E-state index in [2.05, 4.69) is 20.3 Å². The zero-order valence-corrected chi connectivity index (χ0v) is 11.6. The van der Waals surface area contributed by atoms with Gasteiger partial charge in [0, 0.05) is 6.54 Å². The molecule has 0 saturated heterocycles. The van der Waals surface area contributed by atoms with Crippen molar-refractivity contribution in [3.8, 4) is 23.5 Å². The van der Waals surface area contributed by atoms with E-state index >= 15 is 0 Å². The van der Waals surface area contributed by atoms with E-state index in [-0.39, 0.29) is 12.0 Å². The summed E-state index contributed by atoms with van der Waals surface area (Å²) in [6.07, 6.45) is 0. The molecule has 2 rings (SSSR count). The van der Waals surface area contributed by atoms with Gasteiger partial charge in [0.1, 0.15) is 11.5 Å². The van der Waals surface area contributed by atoms with E-state index in [1.165, 1.54) is 7.11 Å². The first kappa shape index (κ1) is 13.9. The smallest absolute Gasteiger partial charge is 0.330 e. The number of anilines is 1. The van der Waals surface area contributed by atoms with E-state index < -0.39 is 0 Å². The summed E-state index contributed by atoms with van der Waals surface area (Å²) in [5.41, 5.74) is 0. The highest BCUT2D eigenvalue weighted by Crippen LogP contribution is 2.22. The number of ether oxygens (including phenoxy) is 3. The molecule has 0 aliphatic carbocycles. The number of hydrogen-bond donors (Lipinski definition) is 1. The summed E-state index contributed by atoms with van der Waals surface area (Å²) in [5.74, 6) is 1.75. The maximum Gasteiger partial charge on any atom is 0.330 e. The molecule has 1 aromatic carbocycles. The van der Waals surface area contributed by atoms with Crippen LogP contribution >= 0.6 is 0 Å². The van der Waals surface area contributed by atoms with Crippen molar-refractivity contribution in [3.05, 3.63) is 24.3 Å². The maximum atomic E-state index is 5.57. The van der Waals surface area contributed by atoms with Crippen LogP contribution in [0, 0.1) is 0 Å². The number of nitrogens with zero attached hydrogens (tertiary/aromatic N) is 3. The number of hydrogen-bond acceptors (Lipinski definition) is 7. The van der Waals surface area contributed by atoms with E-state index in [1.54, 1.807) is 31.4 Å². The van der Waals surface area contributed by atoms with Crippen LogP contribution in [0.15, 0.2) is 24.3 Å². The second-order valence-corrected chi connectivity index (χ2v) is 3.74. The highest BCUT2D eigenvalue weighted by Gasteiger charge is 2.08. The van der Waals surface area contributed by atoms with Crippen molar-refractivity contribution < 1.29 is 14.2 Å². The van der Waals surface area contributed by atoms with Gasteiger partial charge in [-0.2, -0.15) is 9.97 Å². The summed E-state index contributed by atoms with van der Waals surface area (Å²) in [5, 5.41) is 2.98. The fourth-order valence-electron chi connectivity index (χ4n) is 1.46. The summed E-state index contributed by atoms with van der Waals surface area (Å²) < 4.78 is 15.7. The van der Waals surface area contributed by atoms with Gasteiger partial charge in [0.25, 0.3) is 0 Å². The molecule has 20 heavy (non-hydrogen) atoms. The van der Waals surface area contributed by atoms with Crippen LogP contribution in [0.1, 0.15) is 6.92 Å². The van der Waals surface area contributed by atoms with Gasteiger partial charge in [-0.1, -0.05) is 0 Å². The van der Waals surface area contributed by atoms with Gasteiger partial charge < -0.3 is 19.5 Å². The lowest BCUT2D eigenvalue weighted by Crippen LogP contribution is -2.06. The lowest BCUT2D eigenvalue weighted by Gasteiger charge is -2.08. The SMILES string of the molecule is CCNc1nc(OC)nc(Oc2ccc(OC)cc2)n1. The molecule has 7 heteroatoms. The van der Waals surface area contributed by atoms with Gasteiger partial charge in [-0.3, -0.25) is 0 Å². The van der Waals surface area contributed by atoms with Crippen LogP contribution in [-0.4, -0.2) is 35.7 Å². The van der Waals surface area contributed by atoms with Crippen LogP contribution < -0.4 is 19.5 Å². The molecule has 0 spiro atoms. The third-order valence-corrected chi connectivity index (χ3v) is 2.38. The van der Waals surface area contributed by atoms with Crippen molar-refractivity contribution in [1.29, 1.82) is 0 Å². The monoisotopic (exact) mass is 276 g/mol. The second-order valence-electron chi connectivity index (χ2n) is 3.74. The Balaban J connectivity index is 2.20. The standard InChI is InChI=1S/C13H16N4O3/c1-4-14-11-15-12(19-3)17-13(16-11)20-10-7-5-9(18-2)6-8-10/h5-8H,4H2,1-3H3,(H,14,15,16,17). The van der Waals surface area contributed by atoms with Crippen molar-refractivity contribution >= 4 is 5.95 Å². The maximum absolute atomic E-state index is 5.57. The molecule has 0 radical (unpaired) electrons. The number of aromatic nitrogens is 3. The van der Waals surface area contributed by atoms with E-state index in [0.717, 1.165) is 5.75 Å². The lowest BCUT2D eigenvalue weighted by molar-refractivity contribution is 0.359. The molecule has 0 aliphatic rings. The zero-order chi connectivity index (χ0) is 14.4. The molecular weight excluding hydrogens is 260 g/mol. The van der Waals surface area contributed by atoms with E-state index in [1.807, 2.05) is 6.92 Å². The minimum absolute atomic E-state index is 0.165. The van der Waals surface area contributed by atoms with E-state index in [4.69, 9.17) is 14.2 Å². The summed E-state index contributed by atoms with van der Waals surface area (Å²) in [7, 11) is 3.09. The van der Waals surface area contributed by atoms with Crippen LogP contribution in [0.3, 0.4) is 0 Å². The van der Waals surface area contributed by atoms with Crippen LogP contribution in [0.5, 0.6) is 23.5 Å². The van der Waals surface area contributed by atoms with Gasteiger partial charge in [-0.25, -0.2) is 0 Å². The first-order valence-electron chi connectivity index (χ1n) is 6.11. The number of methoxy groups -OCH3 is 2. The summed E-state index contributed by atoms with van der Waals surface area (Å²) in [6, 6.07) is 7.47. The second kappa shape index (κ2) is 6.55.